The van der Waals surface area contributed by atoms with Gasteiger partial charge in [0.1, 0.15) is 11.9 Å². The normalized spacial score (nSPS) is 27.5. The summed E-state index contributed by atoms with van der Waals surface area (Å²) in [5.41, 5.74) is 0.0193. The Labute approximate surface area is 107 Å². The van der Waals surface area contributed by atoms with Gasteiger partial charge in [0.2, 0.25) is 0 Å². The molecule has 0 spiro atoms. The van der Waals surface area contributed by atoms with Crippen molar-refractivity contribution >= 4 is 5.82 Å². The first kappa shape index (κ1) is 12.8. The molecule has 5 nitrogen and oxygen atoms in total. The SMILES string of the molecule is CC1CCC(CO)(Nc2cnc(C#N)cn2)CC1. The molecule has 96 valence electrons. The summed E-state index contributed by atoms with van der Waals surface area (Å²) in [7, 11) is 0. The zero-order valence-electron chi connectivity index (χ0n) is 10.6. The minimum absolute atomic E-state index is 0.0986. The van der Waals surface area contributed by atoms with Crippen molar-refractivity contribution in [1.82, 2.24) is 9.97 Å². The van der Waals surface area contributed by atoms with Crippen LogP contribution < -0.4 is 5.32 Å². The van der Waals surface area contributed by atoms with Crippen molar-refractivity contribution in [3.05, 3.63) is 18.1 Å². The molecular formula is C13H18N4O. The molecule has 2 N–H and O–H groups in total. The summed E-state index contributed by atoms with van der Waals surface area (Å²) in [4.78, 5) is 8.12. The van der Waals surface area contributed by atoms with E-state index in [1.165, 1.54) is 6.20 Å². The monoisotopic (exact) mass is 246 g/mol. The Morgan fingerprint density at radius 3 is 2.67 bits per heavy atom. The van der Waals surface area contributed by atoms with Gasteiger partial charge in [-0.3, -0.25) is 0 Å². The Morgan fingerprint density at radius 2 is 2.17 bits per heavy atom. The zero-order chi connectivity index (χ0) is 13.0. The summed E-state index contributed by atoms with van der Waals surface area (Å²) in [5, 5.41) is 21.6. The number of aliphatic hydroxyl groups is 1. The van der Waals surface area contributed by atoms with Crippen molar-refractivity contribution in [3.8, 4) is 6.07 Å². The van der Waals surface area contributed by atoms with Crippen LogP contribution in [0.5, 0.6) is 0 Å². The molecule has 18 heavy (non-hydrogen) atoms. The molecule has 0 amide bonds. The van der Waals surface area contributed by atoms with E-state index in [2.05, 4.69) is 22.2 Å². The molecule has 1 saturated carbocycles. The Morgan fingerprint density at radius 1 is 1.44 bits per heavy atom. The number of rotatable bonds is 3. The highest BCUT2D eigenvalue weighted by Gasteiger charge is 2.33. The van der Waals surface area contributed by atoms with Crippen LogP contribution in [0.2, 0.25) is 0 Å². The molecular weight excluding hydrogens is 228 g/mol. The molecule has 1 aliphatic carbocycles. The summed E-state index contributed by atoms with van der Waals surface area (Å²) >= 11 is 0. The molecule has 1 heterocycles. The number of aromatic nitrogens is 2. The smallest absolute Gasteiger partial charge is 0.158 e. The summed E-state index contributed by atoms with van der Waals surface area (Å²) in [6.07, 6.45) is 7.08. The summed E-state index contributed by atoms with van der Waals surface area (Å²) in [6, 6.07) is 1.94. The van der Waals surface area contributed by atoms with Gasteiger partial charge < -0.3 is 10.4 Å². The Hall–Kier alpha value is -1.67. The van der Waals surface area contributed by atoms with E-state index >= 15 is 0 Å². The van der Waals surface area contributed by atoms with E-state index in [4.69, 9.17) is 5.26 Å². The Bertz CT molecular complexity index is 429. The highest BCUT2D eigenvalue weighted by Crippen LogP contribution is 2.33. The van der Waals surface area contributed by atoms with Crippen molar-refractivity contribution in [3.63, 3.8) is 0 Å². The van der Waals surface area contributed by atoms with Crippen LogP contribution in [0.15, 0.2) is 12.4 Å². The van der Waals surface area contributed by atoms with Crippen molar-refractivity contribution in [2.75, 3.05) is 11.9 Å². The largest absolute Gasteiger partial charge is 0.394 e. The lowest BCUT2D eigenvalue weighted by Gasteiger charge is -2.39. The maximum Gasteiger partial charge on any atom is 0.158 e. The van der Waals surface area contributed by atoms with Gasteiger partial charge in [-0.2, -0.15) is 5.26 Å². The fraction of sp³-hybridized carbons (Fsp3) is 0.615. The van der Waals surface area contributed by atoms with Gasteiger partial charge in [0, 0.05) is 0 Å². The van der Waals surface area contributed by atoms with Crippen LogP contribution in [0.3, 0.4) is 0 Å². The van der Waals surface area contributed by atoms with E-state index in [0.29, 0.717) is 11.5 Å². The first-order chi connectivity index (χ1) is 8.67. The predicted molar refractivity (Wildman–Crippen MR) is 67.8 cm³/mol. The lowest BCUT2D eigenvalue weighted by Crippen LogP contribution is -2.45. The molecule has 0 aromatic carbocycles. The van der Waals surface area contributed by atoms with Crippen LogP contribution >= 0.6 is 0 Å². The first-order valence-corrected chi connectivity index (χ1v) is 6.29. The van der Waals surface area contributed by atoms with Gasteiger partial charge in [0.15, 0.2) is 5.69 Å². The second-order valence-electron chi connectivity index (χ2n) is 5.14. The minimum atomic E-state index is -0.282. The van der Waals surface area contributed by atoms with Gasteiger partial charge in [-0.15, -0.1) is 0 Å². The molecule has 0 saturated heterocycles. The lowest BCUT2D eigenvalue weighted by atomic mass is 9.77. The van der Waals surface area contributed by atoms with Crippen molar-refractivity contribution in [2.45, 2.75) is 38.1 Å². The van der Waals surface area contributed by atoms with Crippen molar-refractivity contribution < 1.29 is 5.11 Å². The summed E-state index contributed by atoms with van der Waals surface area (Å²) in [6.45, 7) is 2.34. The number of nitriles is 1. The fourth-order valence-electron chi connectivity index (χ4n) is 2.36. The average Bonchev–Trinajstić information content (AvgIpc) is 2.43. The van der Waals surface area contributed by atoms with Crippen LogP contribution in [-0.2, 0) is 0 Å². The molecule has 1 aliphatic rings. The quantitative estimate of drug-likeness (QED) is 0.848. The van der Waals surface area contributed by atoms with E-state index < -0.39 is 0 Å². The van der Waals surface area contributed by atoms with E-state index in [1.54, 1.807) is 6.20 Å². The van der Waals surface area contributed by atoms with Crippen LogP contribution in [0.25, 0.3) is 0 Å². The van der Waals surface area contributed by atoms with Gasteiger partial charge in [-0.1, -0.05) is 6.92 Å². The Kier molecular flexibility index (Phi) is 3.78. The second kappa shape index (κ2) is 5.32. The third-order valence-electron chi connectivity index (χ3n) is 3.69. The highest BCUT2D eigenvalue weighted by molar-refractivity contribution is 5.37. The molecule has 5 heteroatoms. The topological polar surface area (TPSA) is 81.8 Å². The third kappa shape index (κ3) is 2.77. The molecule has 0 bridgehead atoms. The summed E-state index contributed by atoms with van der Waals surface area (Å²) in [5.74, 6) is 1.34. The van der Waals surface area contributed by atoms with Gasteiger partial charge in [0.05, 0.1) is 24.5 Å². The zero-order valence-corrected chi connectivity index (χ0v) is 10.6. The number of nitrogens with one attached hydrogen (secondary N) is 1. The Balaban J connectivity index is 2.08. The number of aliphatic hydroxyl groups excluding tert-OH is 1. The molecule has 2 rings (SSSR count). The van der Waals surface area contributed by atoms with Crippen LogP contribution in [0.4, 0.5) is 5.82 Å². The molecule has 0 atom stereocenters. The molecule has 0 unspecified atom stereocenters. The third-order valence-corrected chi connectivity index (χ3v) is 3.69. The highest BCUT2D eigenvalue weighted by atomic mass is 16.3. The first-order valence-electron chi connectivity index (χ1n) is 6.29. The van der Waals surface area contributed by atoms with Gasteiger partial charge in [0.25, 0.3) is 0 Å². The van der Waals surface area contributed by atoms with Crippen LogP contribution in [0.1, 0.15) is 38.3 Å². The molecule has 1 aromatic heterocycles. The van der Waals surface area contributed by atoms with E-state index in [9.17, 15) is 5.11 Å². The van der Waals surface area contributed by atoms with Crippen LogP contribution in [0, 0.1) is 17.2 Å². The molecule has 1 fully saturated rings. The van der Waals surface area contributed by atoms with Gasteiger partial charge in [-0.25, -0.2) is 9.97 Å². The molecule has 1 aromatic rings. The number of anilines is 1. The number of hydrogen-bond acceptors (Lipinski definition) is 5. The average molecular weight is 246 g/mol. The van der Waals surface area contributed by atoms with E-state index in [-0.39, 0.29) is 12.1 Å². The van der Waals surface area contributed by atoms with E-state index in [1.807, 2.05) is 6.07 Å². The second-order valence-corrected chi connectivity index (χ2v) is 5.14. The predicted octanol–water partition coefficient (Wildman–Crippen LogP) is 1.70. The lowest BCUT2D eigenvalue weighted by molar-refractivity contribution is 0.155. The molecule has 0 aliphatic heterocycles. The maximum atomic E-state index is 9.63. The number of nitrogens with zero attached hydrogens (tertiary/aromatic N) is 3. The van der Waals surface area contributed by atoms with E-state index in [0.717, 1.165) is 31.6 Å². The van der Waals surface area contributed by atoms with Crippen molar-refractivity contribution in [2.24, 2.45) is 5.92 Å². The van der Waals surface area contributed by atoms with Gasteiger partial charge >= 0.3 is 0 Å². The van der Waals surface area contributed by atoms with Gasteiger partial charge in [-0.05, 0) is 31.6 Å². The maximum absolute atomic E-state index is 9.63. The molecule has 0 radical (unpaired) electrons. The fourth-order valence-corrected chi connectivity index (χ4v) is 2.36. The summed E-state index contributed by atoms with van der Waals surface area (Å²) < 4.78 is 0. The minimum Gasteiger partial charge on any atom is -0.394 e. The van der Waals surface area contributed by atoms with Crippen LogP contribution in [-0.4, -0.2) is 27.2 Å². The van der Waals surface area contributed by atoms with Crippen molar-refractivity contribution in [1.29, 1.82) is 5.26 Å². The standard InChI is InChI=1S/C13H18N4O/c1-10-2-4-13(9-18,5-3-10)17-12-8-15-11(6-14)7-16-12/h7-8,10,18H,2-5,9H2,1H3,(H,16,17). The number of hydrogen-bond donors (Lipinski definition) is 2.